The van der Waals surface area contributed by atoms with Crippen molar-refractivity contribution >= 4 is 11.8 Å². The second-order valence-electron chi connectivity index (χ2n) is 5.66. The number of carbonyl (C=O) groups excluding carboxylic acids is 1. The van der Waals surface area contributed by atoms with Crippen LogP contribution >= 0.6 is 0 Å². The van der Waals surface area contributed by atoms with Gasteiger partial charge in [0.1, 0.15) is 0 Å². The summed E-state index contributed by atoms with van der Waals surface area (Å²) in [5.74, 6) is 0.508. The summed E-state index contributed by atoms with van der Waals surface area (Å²) in [6.07, 6.45) is 5.46. The van der Waals surface area contributed by atoms with Gasteiger partial charge in [-0.05, 0) is 25.2 Å². The van der Waals surface area contributed by atoms with E-state index >= 15 is 0 Å². The SMILES string of the molecule is Cc1cnc(NC(=O)N2CCCC(C)(C)C2)cn1. The maximum Gasteiger partial charge on any atom is 0.323 e. The number of aryl methyl sites for hydroxylation is 1. The Balaban J connectivity index is 1.97. The Labute approximate surface area is 108 Å². The summed E-state index contributed by atoms with van der Waals surface area (Å²) < 4.78 is 0. The lowest BCUT2D eigenvalue weighted by atomic mass is 9.84. The lowest BCUT2D eigenvalue weighted by molar-refractivity contribution is 0.138. The molecule has 2 heterocycles. The van der Waals surface area contributed by atoms with E-state index in [1.54, 1.807) is 12.4 Å². The number of hydrogen-bond donors (Lipinski definition) is 1. The van der Waals surface area contributed by atoms with E-state index in [2.05, 4.69) is 29.1 Å². The Kier molecular flexibility index (Phi) is 3.50. The summed E-state index contributed by atoms with van der Waals surface area (Å²) in [6, 6.07) is -0.0825. The van der Waals surface area contributed by atoms with Gasteiger partial charge in [0.15, 0.2) is 5.82 Å². The van der Waals surface area contributed by atoms with E-state index in [9.17, 15) is 4.79 Å². The van der Waals surface area contributed by atoms with Crippen molar-refractivity contribution in [2.24, 2.45) is 5.41 Å². The maximum atomic E-state index is 12.1. The number of nitrogens with one attached hydrogen (secondary N) is 1. The van der Waals surface area contributed by atoms with Crippen molar-refractivity contribution in [2.45, 2.75) is 33.6 Å². The summed E-state index contributed by atoms with van der Waals surface area (Å²) in [6.45, 7) is 7.86. The van der Waals surface area contributed by atoms with Gasteiger partial charge in [-0.25, -0.2) is 9.78 Å². The molecule has 0 saturated carbocycles. The van der Waals surface area contributed by atoms with Crippen LogP contribution in [0.25, 0.3) is 0 Å². The Morgan fingerprint density at radius 1 is 1.39 bits per heavy atom. The average molecular weight is 248 g/mol. The second-order valence-corrected chi connectivity index (χ2v) is 5.66. The first-order chi connectivity index (χ1) is 8.46. The van der Waals surface area contributed by atoms with Gasteiger partial charge in [0.25, 0.3) is 0 Å². The van der Waals surface area contributed by atoms with Gasteiger partial charge in [0, 0.05) is 13.1 Å². The summed E-state index contributed by atoms with van der Waals surface area (Å²) in [7, 11) is 0. The van der Waals surface area contributed by atoms with E-state index in [-0.39, 0.29) is 11.4 Å². The first-order valence-corrected chi connectivity index (χ1v) is 6.31. The molecule has 1 aromatic rings. The fourth-order valence-corrected chi connectivity index (χ4v) is 2.24. The molecule has 0 aliphatic carbocycles. The molecule has 2 amide bonds. The molecule has 2 rings (SSSR count). The average Bonchev–Trinajstić information content (AvgIpc) is 2.31. The highest BCUT2D eigenvalue weighted by Crippen LogP contribution is 2.28. The van der Waals surface area contributed by atoms with Gasteiger partial charge in [0.2, 0.25) is 0 Å². The normalized spacial score (nSPS) is 18.5. The highest BCUT2D eigenvalue weighted by atomic mass is 16.2. The number of likely N-dealkylation sites (tertiary alicyclic amines) is 1. The Bertz CT molecular complexity index is 427. The van der Waals surface area contributed by atoms with Crippen LogP contribution in [0.3, 0.4) is 0 Å². The first-order valence-electron chi connectivity index (χ1n) is 6.31. The number of rotatable bonds is 1. The van der Waals surface area contributed by atoms with Crippen LogP contribution < -0.4 is 5.32 Å². The van der Waals surface area contributed by atoms with Crippen molar-refractivity contribution in [3.63, 3.8) is 0 Å². The standard InChI is InChI=1S/C13H20N4O/c1-10-7-15-11(8-14-10)16-12(18)17-6-4-5-13(2,3)9-17/h7-8H,4-6,9H2,1-3H3,(H,15,16,18). The van der Waals surface area contributed by atoms with Crippen LogP contribution in [-0.2, 0) is 0 Å². The maximum absolute atomic E-state index is 12.1. The van der Waals surface area contributed by atoms with Crippen LogP contribution in [0.5, 0.6) is 0 Å². The number of urea groups is 1. The molecule has 0 unspecified atom stereocenters. The third-order valence-electron chi connectivity index (χ3n) is 3.20. The number of aromatic nitrogens is 2. The molecule has 1 aliphatic rings. The summed E-state index contributed by atoms with van der Waals surface area (Å²) in [5, 5.41) is 2.79. The number of amides is 2. The van der Waals surface area contributed by atoms with Gasteiger partial charge in [0.05, 0.1) is 18.1 Å². The molecule has 18 heavy (non-hydrogen) atoms. The molecule has 5 heteroatoms. The zero-order valence-corrected chi connectivity index (χ0v) is 11.2. The number of piperidine rings is 1. The molecule has 1 saturated heterocycles. The zero-order chi connectivity index (χ0) is 13.2. The monoisotopic (exact) mass is 248 g/mol. The molecule has 0 radical (unpaired) electrons. The molecule has 0 spiro atoms. The van der Waals surface area contributed by atoms with Crippen molar-refractivity contribution in [3.05, 3.63) is 18.1 Å². The largest absolute Gasteiger partial charge is 0.324 e. The van der Waals surface area contributed by atoms with Gasteiger partial charge in [-0.3, -0.25) is 10.3 Å². The van der Waals surface area contributed by atoms with E-state index in [0.717, 1.165) is 25.2 Å². The fourth-order valence-electron chi connectivity index (χ4n) is 2.24. The molecular weight excluding hydrogens is 228 g/mol. The zero-order valence-electron chi connectivity index (χ0n) is 11.2. The van der Waals surface area contributed by atoms with Gasteiger partial charge >= 0.3 is 6.03 Å². The minimum atomic E-state index is -0.0825. The predicted octanol–water partition coefficient (Wildman–Crippen LogP) is 2.44. The van der Waals surface area contributed by atoms with Crippen molar-refractivity contribution in [2.75, 3.05) is 18.4 Å². The van der Waals surface area contributed by atoms with Gasteiger partial charge in [-0.15, -0.1) is 0 Å². The fraction of sp³-hybridized carbons (Fsp3) is 0.615. The van der Waals surface area contributed by atoms with Crippen LogP contribution in [0.2, 0.25) is 0 Å². The molecular formula is C13H20N4O. The minimum Gasteiger partial charge on any atom is -0.324 e. The smallest absolute Gasteiger partial charge is 0.323 e. The Hall–Kier alpha value is -1.65. The Morgan fingerprint density at radius 3 is 2.78 bits per heavy atom. The molecule has 98 valence electrons. The number of carbonyl (C=O) groups is 1. The summed E-state index contributed by atoms with van der Waals surface area (Å²) >= 11 is 0. The van der Waals surface area contributed by atoms with E-state index in [4.69, 9.17) is 0 Å². The van der Waals surface area contributed by atoms with Crippen LogP contribution in [-0.4, -0.2) is 34.0 Å². The lowest BCUT2D eigenvalue weighted by Gasteiger charge is -2.37. The molecule has 1 aliphatic heterocycles. The minimum absolute atomic E-state index is 0.0825. The van der Waals surface area contributed by atoms with E-state index in [1.807, 2.05) is 11.8 Å². The highest BCUT2D eigenvalue weighted by molar-refractivity contribution is 5.88. The van der Waals surface area contributed by atoms with Crippen molar-refractivity contribution < 1.29 is 4.79 Å². The summed E-state index contributed by atoms with van der Waals surface area (Å²) in [5.41, 5.74) is 1.04. The molecule has 1 aromatic heterocycles. The van der Waals surface area contributed by atoms with Crippen molar-refractivity contribution in [3.8, 4) is 0 Å². The second kappa shape index (κ2) is 4.92. The topological polar surface area (TPSA) is 58.1 Å². The van der Waals surface area contributed by atoms with Gasteiger partial charge in [-0.2, -0.15) is 0 Å². The molecule has 0 bridgehead atoms. The molecule has 5 nitrogen and oxygen atoms in total. The number of hydrogen-bond acceptors (Lipinski definition) is 3. The first kappa shape index (κ1) is 12.8. The van der Waals surface area contributed by atoms with Crippen LogP contribution in [0.1, 0.15) is 32.4 Å². The quantitative estimate of drug-likeness (QED) is 0.830. The van der Waals surface area contributed by atoms with Gasteiger partial charge < -0.3 is 4.90 Å². The third-order valence-corrected chi connectivity index (χ3v) is 3.20. The van der Waals surface area contributed by atoms with Crippen LogP contribution in [0.4, 0.5) is 10.6 Å². The summed E-state index contributed by atoms with van der Waals surface area (Å²) in [4.78, 5) is 22.2. The molecule has 1 fully saturated rings. The van der Waals surface area contributed by atoms with Crippen molar-refractivity contribution in [1.82, 2.24) is 14.9 Å². The van der Waals surface area contributed by atoms with E-state index in [0.29, 0.717) is 5.82 Å². The molecule has 0 aromatic carbocycles. The Morgan fingerprint density at radius 2 is 2.17 bits per heavy atom. The molecule has 1 N–H and O–H groups in total. The van der Waals surface area contributed by atoms with Crippen molar-refractivity contribution in [1.29, 1.82) is 0 Å². The third kappa shape index (κ3) is 3.18. The predicted molar refractivity (Wildman–Crippen MR) is 70.4 cm³/mol. The molecule has 0 atom stereocenters. The highest BCUT2D eigenvalue weighted by Gasteiger charge is 2.29. The number of nitrogens with zero attached hydrogens (tertiary/aromatic N) is 3. The van der Waals surface area contributed by atoms with E-state index in [1.165, 1.54) is 6.42 Å². The van der Waals surface area contributed by atoms with Crippen LogP contribution in [0.15, 0.2) is 12.4 Å². The lowest BCUT2D eigenvalue weighted by Crippen LogP contribution is -2.45. The van der Waals surface area contributed by atoms with Gasteiger partial charge in [-0.1, -0.05) is 13.8 Å². The van der Waals surface area contributed by atoms with E-state index < -0.39 is 0 Å². The number of anilines is 1. The van der Waals surface area contributed by atoms with Crippen LogP contribution in [0, 0.1) is 12.3 Å².